The van der Waals surface area contributed by atoms with E-state index in [4.69, 9.17) is 10.2 Å². The molecule has 0 aliphatic rings. The summed E-state index contributed by atoms with van der Waals surface area (Å²) in [5.41, 5.74) is 0. The minimum atomic E-state index is -7.73. The summed E-state index contributed by atoms with van der Waals surface area (Å²) in [6, 6.07) is 0. The Morgan fingerprint density at radius 2 is 0.960 bits per heavy atom. The number of ether oxygens (including phenoxy) is 1. The molecule has 0 fully saturated rings. The summed E-state index contributed by atoms with van der Waals surface area (Å²) in [5, 5.41) is 15.4. The first-order valence-corrected chi connectivity index (χ1v) is 5.03. The molecule has 0 heterocycles. The van der Waals surface area contributed by atoms with Crippen molar-refractivity contribution in [1.29, 1.82) is 0 Å². The van der Waals surface area contributed by atoms with E-state index in [0.29, 0.717) is 0 Å². The molecule has 0 aromatic heterocycles. The summed E-state index contributed by atoms with van der Waals surface area (Å²) in [7, 11) is 0. The van der Waals surface area contributed by atoms with Crippen molar-refractivity contribution < 1.29 is 77.2 Å². The minimum absolute atomic E-state index is 1.47. The molecule has 0 saturated carbocycles. The second kappa shape index (κ2) is 5.80. The van der Waals surface area contributed by atoms with E-state index in [1.54, 1.807) is 0 Å². The fourth-order valence-corrected chi connectivity index (χ4v) is 1.00. The molecule has 0 spiro atoms. The zero-order chi connectivity index (χ0) is 20.9. The lowest BCUT2D eigenvalue weighted by Gasteiger charge is -2.39. The third-order valence-corrected chi connectivity index (χ3v) is 2.33. The zero-order valence-corrected chi connectivity index (χ0v) is 10.7. The second-order valence-corrected chi connectivity index (χ2v) is 4.05. The van der Waals surface area contributed by atoms with Crippen LogP contribution in [0, 0.1) is 0 Å². The molecule has 0 radical (unpaired) electrons. The topological polar surface area (TPSA) is 83.8 Å². The molecular formula is C8H2F12O5. The molecule has 0 aromatic rings. The van der Waals surface area contributed by atoms with E-state index >= 15 is 0 Å². The summed E-state index contributed by atoms with van der Waals surface area (Å²) in [4.78, 5) is 19.7. The Morgan fingerprint density at radius 3 is 1.20 bits per heavy atom. The van der Waals surface area contributed by atoms with Gasteiger partial charge in [0, 0.05) is 0 Å². The number of hydrogen-bond acceptors (Lipinski definition) is 3. The summed E-state index contributed by atoms with van der Waals surface area (Å²) in [6.07, 6.45) is -14.9. The second-order valence-electron chi connectivity index (χ2n) is 4.05. The van der Waals surface area contributed by atoms with Gasteiger partial charge < -0.3 is 10.2 Å². The largest absolute Gasteiger partial charge is 0.477 e. The highest BCUT2D eigenvalue weighted by atomic mass is 19.4. The van der Waals surface area contributed by atoms with Crippen LogP contribution in [-0.2, 0) is 14.3 Å². The van der Waals surface area contributed by atoms with Gasteiger partial charge in [-0.15, -0.1) is 0 Å². The van der Waals surface area contributed by atoms with Gasteiger partial charge in [0.15, 0.2) is 0 Å². The molecule has 1 atom stereocenters. The Labute approximate surface area is 126 Å². The van der Waals surface area contributed by atoms with Crippen LogP contribution in [0.1, 0.15) is 0 Å². The van der Waals surface area contributed by atoms with Gasteiger partial charge in [-0.25, -0.2) is 9.59 Å². The SMILES string of the molecule is O=C(O)C(F)(F)C(F)(F)OC(F)(C(F)(F)F)C(F)(F)C(F)(F)C(=O)O. The molecule has 25 heavy (non-hydrogen) atoms. The van der Waals surface area contributed by atoms with E-state index in [2.05, 4.69) is 0 Å². The number of alkyl halides is 12. The fraction of sp³-hybridized carbons (Fsp3) is 0.750. The maximum Gasteiger partial charge on any atom is 0.455 e. The van der Waals surface area contributed by atoms with Crippen molar-refractivity contribution in [2.24, 2.45) is 0 Å². The number of carboxylic acids is 2. The number of carboxylic acid groups (broad SMARTS) is 2. The third-order valence-electron chi connectivity index (χ3n) is 2.33. The highest BCUT2D eigenvalue weighted by molar-refractivity contribution is 5.77. The van der Waals surface area contributed by atoms with Gasteiger partial charge in [0.2, 0.25) is 0 Å². The van der Waals surface area contributed by atoms with Crippen LogP contribution < -0.4 is 0 Å². The number of hydrogen-bond donors (Lipinski definition) is 2. The average molecular weight is 406 g/mol. The fourth-order valence-electron chi connectivity index (χ4n) is 1.00. The summed E-state index contributed by atoms with van der Waals surface area (Å²) < 4.78 is 154. The number of aliphatic carboxylic acids is 2. The van der Waals surface area contributed by atoms with Crippen molar-refractivity contribution in [3.05, 3.63) is 0 Å². The van der Waals surface area contributed by atoms with E-state index in [1.165, 1.54) is 4.74 Å². The quantitative estimate of drug-likeness (QED) is 0.636. The molecule has 0 aliphatic heterocycles. The van der Waals surface area contributed by atoms with Crippen LogP contribution in [0.25, 0.3) is 0 Å². The molecule has 1 unspecified atom stereocenters. The number of rotatable bonds is 7. The predicted molar refractivity (Wildman–Crippen MR) is 46.0 cm³/mol. The van der Waals surface area contributed by atoms with Crippen LogP contribution in [0.5, 0.6) is 0 Å². The molecule has 5 nitrogen and oxygen atoms in total. The lowest BCUT2D eigenvalue weighted by molar-refractivity contribution is -0.496. The first-order valence-electron chi connectivity index (χ1n) is 5.03. The van der Waals surface area contributed by atoms with Gasteiger partial charge in [0.1, 0.15) is 0 Å². The lowest BCUT2D eigenvalue weighted by atomic mass is 10.0. The molecule has 2 N–H and O–H groups in total. The number of carbonyl (C=O) groups is 2. The standard InChI is InChI=1S/C8H2F12O5/c9-3(10,1(21)22)5(13,14)6(15,7(16,17)18)25-8(19,20)4(11,12)2(23)24/h(H,21,22)(H,23,24). The summed E-state index contributed by atoms with van der Waals surface area (Å²) in [6.45, 7) is 0. The van der Waals surface area contributed by atoms with E-state index in [9.17, 15) is 62.3 Å². The van der Waals surface area contributed by atoms with Crippen LogP contribution in [0.3, 0.4) is 0 Å². The predicted octanol–water partition coefficient (Wildman–Crippen LogP) is 2.90. The maximum absolute atomic E-state index is 13.4. The van der Waals surface area contributed by atoms with Crippen LogP contribution in [0.15, 0.2) is 0 Å². The average Bonchev–Trinajstić information content (AvgIpc) is 2.35. The van der Waals surface area contributed by atoms with Crippen molar-refractivity contribution in [3.63, 3.8) is 0 Å². The van der Waals surface area contributed by atoms with Crippen molar-refractivity contribution in [1.82, 2.24) is 0 Å². The van der Waals surface area contributed by atoms with Gasteiger partial charge >= 0.3 is 47.8 Å². The minimum Gasteiger partial charge on any atom is -0.477 e. The molecular weight excluding hydrogens is 404 g/mol. The molecule has 0 rings (SSSR count). The van der Waals surface area contributed by atoms with Crippen LogP contribution in [0.2, 0.25) is 0 Å². The smallest absolute Gasteiger partial charge is 0.455 e. The molecule has 0 amide bonds. The van der Waals surface area contributed by atoms with Crippen LogP contribution in [-0.4, -0.2) is 58.1 Å². The highest BCUT2D eigenvalue weighted by Crippen LogP contribution is 2.56. The highest BCUT2D eigenvalue weighted by Gasteiger charge is 2.87. The molecule has 0 aromatic carbocycles. The monoisotopic (exact) mass is 406 g/mol. The third kappa shape index (κ3) is 3.28. The van der Waals surface area contributed by atoms with E-state index in [0.717, 1.165) is 0 Å². The summed E-state index contributed by atoms with van der Waals surface area (Å²) in [5.74, 6) is -37.5. The first kappa shape index (κ1) is 23.1. The van der Waals surface area contributed by atoms with Gasteiger partial charge in [0.05, 0.1) is 0 Å². The van der Waals surface area contributed by atoms with Gasteiger partial charge in [-0.2, -0.15) is 52.7 Å². The molecule has 17 heteroatoms. The van der Waals surface area contributed by atoms with Crippen LogP contribution in [0.4, 0.5) is 52.7 Å². The van der Waals surface area contributed by atoms with Crippen molar-refractivity contribution in [2.45, 2.75) is 35.9 Å². The summed E-state index contributed by atoms with van der Waals surface area (Å²) >= 11 is 0. The first-order chi connectivity index (χ1) is 10.6. The van der Waals surface area contributed by atoms with Crippen molar-refractivity contribution in [2.75, 3.05) is 0 Å². The van der Waals surface area contributed by atoms with Gasteiger partial charge in [-0.1, -0.05) is 0 Å². The molecule has 0 bridgehead atoms. The Balaban J connectivity index is 6.49. The zero-order valence-electron chi connectivity index (χ0n) is 10.7. The Bertz CT molecular complexity index is 554. The van der Waals surface area contributed by atoms with E-state index < -0.39 is 47.8 Å². The van der Waals surface area contributed by atoms with Crippen molar-refractivity contribution >= 4 is 11.9 Å². The molecule has 0 aliphatic carbocycles. The van der Waals surface area contributed by atoms with Gasteiger partial charge in [-0.05, 0) is 0 Å². The van der Waals surface area contributed by atoms with E-state index in [1.807, 2.05) is 0 Å². The van der Waals surface area contributed by atoms with Gasteiger partial charge in [0.25, 0.3) is 0 Å². The van der Waals surface area contributed by atoms with Crippen molar-refractivity contribution in [3.8, 4) is 0 Å². The lowest BCUT2D eigenvalue weighted by Crippen LogP contribution is -2.69. The maximum atomic E-state index is 13.4. The number of halogens is 12. The Hall–Kier alpha value is -1.94. The van der Waals surface area contributed by atoms with Crippen LogP contribution >= 0.6 is 0 Å². The Morgan fingerprint density at radius 1 is 0.640 bits per heavy atom. The van der Waals surface area contributed by atoms with Gasteiger partial charge in [-0.3, -0.25) is 4.74 Å². The normalized spacial score (nSPS) is 17.1. The molecule has 148 valence electrons. The Kier molecular flexibility index (Phi) is 5.35. The molecule has 0 saturated heterocycles. The van der Waals surface area contributed by atoms with E-state index in [-0.39, 0.29) is 0 Å².